The van der Waals surface area contributed by atoms with Crippen LogP contribution in [0.3, 0.4) is 0 Å². The Labute approximate surface area is 100.0 Å². The van der Waals surface area contributed by atoms with Crippen molar-refractivity contribution in [2.45, 2.75) is 13.1 Å². The number of ether oxygens (including phenoxy) is 1. The number of benzene rings is 1. The lowest BCUT2D eigenvalue weighted by molar-refractivity contribution is 0.0337. The molecule has 1 saturated heterocycles. The summed E-state index contributed by atoms with van der Waals surface area (Å²) < 4.78 is 19.0. The zero-order valence-corrected chi connectivity index (χ0v) is 9.66. The van der Waals surface area contributed by atoms with Crippen molar-refractivity contribution in [3.05, 3.63) is 35.1 Å². The van der Waals surface area contributed by atoms with E-state index < -0.39 is 0 Å². The number of rotatable bonds is 4. The van der Waals surface area contributed by atoms with Crippen LogP contribution < -0.4 is 5.48 Å². The van der Waals surface area contributed by atoms with Gasteiger partial charge in [-0.3, -0.25) is 4.90 Å². The number of hydroxylamine groups is 1. The maximum atomic E-state index is 13.8. The van der Waals surface area contributed by atoms with Gasteiger partial charge >= 0.3 is 0 Å². The third-order valence-electron chi connectivity index (χ3n) is 2.90. The molecule has 0 aromatic heterocycles. The Balaban J connectivity index is 2.00. The lowest BCUT2D eigenvalue weighted by Gasteiger charge is -2.26. The smallest absolute Gasteiger partial charge is 0.128 e. The third kappa shape index (κ3) is 3.47. The quantitative estimate of drug-likeness (QED) is 0.775. The Morgan fingerprint density at radius 3 is 2.76 bits per heavy atom. The highest BCUT2D eigenvalue weighted by Gasteiger charge is 2.13. The molecule has 5 heteroatoms. The van der Waals surface area contributed by atoms with Gasteiger partial charge in [-0.05, 0) is 11.6 Å². The van der Waals surface area contributed by atoms with Gasteiger partial charge < -0.3 is 9.94 Å². The van der Waals surface area contributed by atoms with Crippen molar-refractivity contribution < 1.29 is 14.3 Å². The second-order valence-electron chi connectivity index (χ2n) is 4.15. The molecule has 0 amide bonds. The monoisotopic (exact) mass is 240 g/mol. The summed E-state index contributed by atoms with van der Waals surface area (Å²) in [5.74, 6) is -0.218. The number of hydrogen-bond acceptors (Lipinski definition) is 4. The Kier molecular flexibility index (Phi) is 4.44. The van der Waals surface area contributed by atoms with Crippen LogP contribution in [0.4, 0.5) is 4.39 Å². The number of nitrogens with one attached hydrogen (secondary N) is 1. The highest BCUT2D eigenvalue weighted by Crippen LogP contribution is 2.13. The summed E-state index contributed by atoms with van der Waals surface area (Å²) >= 11 is 0. The van der Waals surface area contributed by atoms with Gasteiger partial charge in [0.2, 0.25) is 0 Å². The molecule has 1 fully saturated rings. The summed E-state index contributed by atoms with van der Waals surface area (Å²) in [6.45, 7) is 4.00. The average Bonchev–Trinajstić information content (AvgIpc) is 2.34. The fourth-order valence-electron chi connectivity index (χ4n) is 1.92. The van der Waals surface area contributed by atoms with Crippen molar-refractivity contribution in [2.75, 3.05) is 26.3 Å². The molecule has 17 heavy (non-hydrogen) atoms. The topological polar surface area (TPSA) is 44.7 Å². The molecular formula is C12H17FN2O2. The standard InChI is InChI=1S/C12H17FN2O2/c13-12-7-10(8-14-16)1-2-11(12)9-15-3-5-17-6-4-15/h1-2,7,14,16H,3-6,8-9H2. The zero-order chi connectivity index (χ0) is 12.1. The third-order valence-corrected chi connectivity index (χ3v) is 2.90. The molecule has 2 N–H and O–H groups in total. The van der Waals surface area contributed by atoms with Gasteiger partial charge in [-0.2, -0.15) is 0 Å². The minimum absolute atomic E-state index is 0.218. The van der Waals surface area contributed by atoms with Gasteiger partial charge in [-0.15, -0.1) is 0 Å². The second-order valence-corrected chi connectivity index (χ2v) is 4.15. The van der Waals surface area contributed by atoms with E-state index in [0.29, 0.717) is 25.3 Å². The first kappa shape index (κ1) is 12.4. The van der Waals surface area contributed by atoms with Crippen molar-refractivity contribution >= 4 is 0 Å². The van der Waals surface area contributed by atoms with Gasteiger partial charge in [0.1, 0.15) is 5.82 Å². The van der Waals surface area contributed by atoms with E-state index in [9.17, 15) is 4.39 Å². The van der Waals surface area contributed by atoms with Crippen LogP contribution in [0.1, 0.15) is 11.1 Å². The van der Waals surface area contributed by atoms with Crippen LogP contribution in [-0.2, 0) is 17.8 Å². The van der Waals surface area contributed by atoms with Gasteiger partial charge in [0.15, 0.2) is 0 Å². The second kappa shape index (κ2) is 6.07. The van der Waals surface area contributed by atoms with E-state index in [-0.39, 0.29) is 12.4 Å². The molecule has 1 aromatic carbocycles. The van der Waals surface area contributed by atoms with Gasteiger partial charge in [0.05, 0.1) is 13.2 Å². The molecule has 0 aliphatic carbocycles. The van der Waals surface area contributed by atoms with Crippen molar-refractivity contribution in [1.29, 1.82) is 0 Å². The van der Waals surface area contributed by atoms with Gasteiger partial charge in [0.25, 0.3) is 0 Å². The first-order chi connectivity index (χ1) is 8.29. The summed E-state index contributed by atoms with van der Waals surface area (Å²) in [6, 6.07) is 5.05. The highest BCUT2D eigenvalue weighted by atomic mass is 19.1. The van der Waals surface area contributed by atoms with Crippen LogP contribution in [0.2, 0.25) is 0 Å². The summed E-state index contributed by atoms with van der Waals surface area (Å²) in [4.78, 5) is 2.17. The molecule has 0 saturated carbocycles. The molecule has 94 valence electrons. The van der Waals surface area contributed by atoms with Gasteiger partial charge in [0, 0.05) is 31.7 Å². The molecule has 0 bridgehead atoms. The summed E-state index contributed by atoms with van der Waals surface area (Å²) in [5.41, 5.74) is 3.44. The zero-order valence-electron chi connectivity index (χ0n) is 9.66. The molecule has 1 aromatic rings. The van der Waals surface area contributed by atoms with E-state index >= 15 is 0 Å². The molecular weight excluding hydrogens is 223 g/mol. The predicted octanol–water partition coefficient (Wildman–Crippen LogP) is 1.14. The van der Waals surface area contributed by atoms with E-state index in [1.54, 1.807) is 6.07 Å². The first-order valence-corrected chi connectivity index (χ1v) is 5.74. The maximum Gasteiger partial charge on any atom is 0.128 e. The SMILES string of the molecule is ONCc1ccc(CN2CCOCC2)c(F)c1. The van der Waals surface area contributed by atoms with Crippen LogP contribution in [0.5, 0.6) is 0 Å². The number of morpholine rings is 1. The van der Waals surface area contributed by atoms with Gasteiger partial charge in [-0.1, -0.05) is 12.1 Å². The number of halogens is 1. The van der Waals surface area contributed by atoms with E-state index in [0.717, 1.165) is 18.7 Å². The summed E-state index contributed by atoms with van der Waals surface area (Å²) in [5, 5.41) is 8.55. The normalized spacial score (nSPS) is 17.3. The molecule has 0 atom stereocenters. The van der Waals surface area contributed by atoms with Crippen molar-refractivity contribution in [1.82, 2.24) is 10.4 Å². The Hall–Kier alpha value is -1.01. The van der Waals surface area contributed by atoms with Crippen LogP contribution in [0.15, 0.2) is 18.2 Å². The van der Waals surface area contributed by atoms with E-state index in [4.69, 9.17) is 9.94 Å². The molecule has 0 unspecified atom stereocenters. The van der Waals surface area contributed by atoms with E-state index in [2.05, 4.69) is 4.90 Å². The van der Waals surface area contributed by atoms with E-state index in [1.807, 2.05) is 11.5 Å². The summed E-state index contributed by atoms with van der Waals surface area (Å²) in [7, 11) is 0. The Morgan fingerprint density at radius 2 is 2.12 bits per heavy atom. The van der Waals surface area contributed by atoms with Crippen molar-refractivity contribution in [2.24, 2.45) is 0 Å². The molecule has 1 aliphatic rings. The first-order valence-electron chi connectivity index (χ1n) is 5.74. The van der Waals surface area contributed by atoms with Crippen LogP contribution in [0, 0.1) is 5.82 Å². The fraction of sp³-hybridized carbons (Fsp3) is 0.500. The Bertz CT molecular complexity index is 368. The molecule has 0 spiro atoms. The Morgan fingerprint density at radius 1 is 1.35 bits per heavy atom. The van der Waals surface area contributed by atoms with Crippen molar-refractivity contribution in [3.63, 3.8) is 0 Å². The fourth-order valence-corrected chi connectivity index (χ4v) is 1.92. The minimum atomic E-state index is -0.218. The number of nitrogens with zero attached hydrogens (tertiary/aromatic N) is 1. The molecule has 2 rings (SSSR count). The summed E-state index contributed by atoms with van der Waals surface area (Å²) in [6.07, 6.45) is 0. The van der Waals surface area contributed by atoms with Gasteiger partial charge in [-0.25, -0.2) is 9.87 Å². The molecule has 4 nitrogen and oxygen atoms in total. The van der Waals surface area contributed by atoms with Crippen molar-refractivity contribution in [3.8, 4) is 0 Å². The predicted molar refractivity (Wildman–Crippen MR) is 61.1 cm³/mol. The minimum Gasteiger partial charge on any atom is -0.379 e. The molecule has 1 aliphatic heterocycles. The average molecular weight is 240 g/mol. The number of hydrogen-bond donors (Lipinski definition) is 2. The van der Waals surface area contributed by atoms with Crippen LogP contribution in [0.25, 0.3) is 0 Å². The van der Waals surface area contributed by atoms with Crippen LogP contribution >= 0.6 is 0 Å². The lowest BCUT2D eigenvalue weighted by atomic mass is 10.1. The van der Waals surface area contributed by atoms with Crippen LogP contribution in [-0.4, -0.2) is 36.4 Å². The van der Waals surface area contributed by atoms with E-state index in [1.165, 1.54) is 6.07 Å². The largest absolute Gasteiger partial charge is 0.379 e. The molecule has 1 heterocycles. The molecule has 0 radical (unpaired) electrons. The lowest BCUT2D eigenvalue weighted by Crippen LogP contribution is -2.35. The maximum absolute atomic E-state index is 13.8. The highest BCUT2D eigenvalue weighted by molar-refractivity contribution is 5.24.